The molecule has 4 N–H and O–H groups in total. The Morgan fingerprint density at radius 1 is 1.29 bits per heavy atom. The van der Waals surface area contributed by atoms with Gasteiger partial charge in [-0.2, -0.15) is 0 Å². The molecule has 0 radical (unpaired) electrons. The van der Waals surface area contributed by atoms with E-state index in [0.29, 0.717) is 37.0 Å². The third-order valence-electron chi connectivity index (χ3n) is 3.65. The average molecular weight is 348 g/mol. The standard InChI is InChI=1S/C17H24N4O2S/c1-11-14(16(22)21-17-20-12(2)13(3)24-17)5-4-6-15(11)19-8-10-23-9-7-18/h4-6,19H,7-10,18H2,1-3H3,(H,20,21,22). The number of hydrogen-bond acceptors (Lipinski definition) is 6. The van der Waals surface area contributed by atoms with Crippen molar-refractivity contribution in [2.45, 2.75) is 20.8 Å². The lowest BCUT2D eigenvalue weighted by molar-refractivity contribution is 0.102. The first-order valence-electron chi connectivity index (χ1n) is 7.89. The van der Waals surface area contributed by atoms with Crippen LogP contribution in [0.15, 0.2) is 18.2 Å². The number of ether oxygens (including phenoxy) is 1. The van der Waals surface area contributed by atoms with Crippen molar-refractivity contribution in [1.82, 2.24) is 4.98 Å². The number of nitrogens with one attached hydrogen (secondary N) is 2. The molecule has 0 unspecified atom stereocenters. The minimum Gasteiger partial charge on any atom is -0.382 e. The van der Waals surface area contributed by atoms with Gasteiger partial charge in [-0.3, -0.25) is 10.1 Å². The summed E-state index contributed by atoms with van der Waals surface area (Å²) < 4.78 is 5.34. The quantitative estimate of drug-likeness (QED) is 0.638. The van der Waals surface area contributed by atoms with E-state index in [4.69, 9.17) is 10.5 Å². The maximum atomic E-state index is 12.5. The molecule has 2 aromatic rings. The van der Waals surface area contributed by atoms with E-state index in [0.717, 1.165) is 21.8 Å². The summed E-state index contributed by atoms with van der Waals surface area (Å²) in [6.07, 6.45) is 0. The predicted octanol–water partition coefficient (Wildman–Crippen LogP) is 2.71. The van der Waals surface area contributed by atoms with Crippen LogP contribution in [0.5, 0.6) is 0 Å². The van der Waals surface area contributed by atoms with Gasteiger partial charge in [-0.05, 0) is 38.5 Å². The van der Waals surface area contributed by atoms with Crippen molar-refractivity contribution in [3.05, 3.63) is 39.9 Å². The Morgan fingerprint density at radius 2 is 2.08 bits per heavy atom. The van der Waals surface area contributed by atoms with Gasteiger partial charge in [0.15, 0.2) is 5.13 Å². The lowest BCUT2D eigenvalue weighted by Crippen LogP contribution is -2.17. The number of rotatable bonds is 8. The first-order valence-corrected chi connectivity index (χ1v) is 8.71. The van der Waals surface area contributed by atoms with Gasteiger partial charge in [0.1, 0.15) is 0 Å². The zero-order chi connectivity index (χ0) is 17.5. The fourth-order valence-corrected chi connectivity index (χ4v) is 3.02. The lowest BCUT2D eigenvalue weighted by Gasteiger charge is -2.13. The summed E-state index contributed by atoms with van der Waals surface area (Å²) in [5.41, 5.74) is 8.78. The zero-order valence-corrected chi connectivity index (χ0v) is 15.1. The molecular weight excluding hydrogens is 324 g/mol. The normalized spacial score (nSPS) is 10.7. The van der Waals surface area contributed by atoms with E-state index in [1.807, 2.05) is 39.0 Å². The maximum absolute atomic E-state index is 12.5. The van der Waals surface area contributed by atoms with Crippen LogP contribution in [-0.2, 0) is 4.74 Å². The van der Waals surface area contributed by atoms with E-state index in [9.17, 15) is 4.79 Å². The molecule has 0 aliphatic rings. The molecule has 1 aromatic carbocycles. The van der Waals surface area contributed by atoms with Crippen LogP contribution in [0.2, 0.25) is 0 Å². The summed E-state index contributed by atoms with van der Waals surface area (Å²) in [7, 11) is 0. The highest BCUT2D eigenvalue weighted by molar-refractivity contribution is 7.15. The largest absolute Gasteiger partial charge is 0.382 e. The van der Waals surface area contributed by atoms with E-state index in [1.54, 1.807) is 0 Å². The molecule has 0 fully saturated rings. The van der Waals surface area contributed by atoms with E-state index in [2.05, 4.69) is 15.6 Å². The number of carbonyl (C=O) groups is 1. The van der Waals surface area contributed by atoms with E-state index in [1.165, 1.54) is 11.3 Å². The van der Waals surface area contributed by atoms with E-state index in [-0.39, 0.29) is 5.91 Å². The number of nitrogens with two attached hydrogens (primary N) is 1. The minimum atomic E-state index is -0.149. The van der Waals surface area contributed by atoms with Gasteiger partial charge in [0.2, 0.25) is 0 Å². The Hall–Kier alpha value is -1.96. The maximum Gasteiger partial charge on any atom is 0.257 e. The molecule has 1 aromatic heterocycles. The van der Waals surface area contributed by atoms with Crippen LogP contribution in [0.25, 0.3) is 0 Å². The SMILES string of the molecule is Cc1nc(NC(=O)c2cccc(NCCOCCN)c2C)sc1C. The lowest BCUT2D eigenvalue weighted by atomic mass is 10.1. The molecule has 0 aliphatic carbocycles. The smallest absolute Gasteiger partial charge is 0.257 e. The van der Waals surface area contributed by atoms with E-state index < -0.39 is 0 Å². The number of thiazole rings is 1. The van der Waals surface area contributed by atoms with Crippen LogP contribution < -0.4 is 16.4 Å². The summed E-state index contributed by atoms with van der Waals surface area (Å²) in [6, 6.07) is 5.63. The number of benzene rings is 1. The van der Waals surface area contributed by atoms with Crippen LogP contribution in [0.3, 0.4) is 0 Å². The molecule has 130 valence electrons. The molecule has 24 heavy (non-hydrogen) atoms. The van der Waals surface area contributed by atoms with Gasteiger partial charge >= 0.3 is 0 Å². The molecular formula is C17H24N4O2S. The predicted molar refractivity (Wildman–Crippen MR) is 99.1 cm³/mol. The first-order chi connectivity index (χ1) is 11.5. The molecule has 1 amide bonds. The van der Waals surface area contributed by atoms with Gasteiger partial charge < -0.3 is 15.8 Å². The highest BCUT2D eigenvalue weighted by Crippen LogP contribution is 2.24. The Kier molecular flexibility index (Phi) is 6.72. The number of nitrogens with zero attached hydrogens (tertiary/aromatic N) is 1. The second-order valence-electron chi connectivity index (χ2n) is 5.42. The van der Waals surface area contributed by atoms with Gasteiger partial charge in [0.25, 0.3) is 5.91 Å². The third-order valence-corrected chi connectivity index (χ3v) is 4.64. The molecule has 0 spiro atoms. The van der Waals surface area contributed by atoms with Crippen molar-refractivity contribution in [2.75, 3.05) is 36.9 Å². The fraction of sp³-hybridized carbons (Fsp3) is 0.412. The molecule has 0 saturated heterocycles. The third kappa shape index (κ3) is 4.77. The summed E-state index contributed by atoms with van der Waals surface area (Å²) in [5.74, 6) is -0.149. The van der Waals surface area contributed by atoms with E-state index >= 15 is 0 Å². The molecule has 0 bridgehead atoms. The highest BCUT2D eigenvalue weighted by Gasteiger charge is 2.14. The Morgan fingerprint density at radius 3 is 2.75 bits per heavy atom. The minimum absolute atomic E-state index is 0.149. The van der Waals surface area contributed by atoms with Crippen LogP contribution in [0, 0.1) is 20.8 Å². The van der Waals surface area contributed by atoms with Gasteiger partial charge in [0.05, 0.1) is 18.9 Å². The molecule has 0 aliphatic heterocycles. The molecule has 0 saturated carbocycles. The van der Waals surface area contributed by atoms with Gasteiger partial charge in [0, 0.05) is 29.2 Å². The van der Waals surface area contributed by atoms with Gasteiger partial charge in [-0.25, -0.2) is 4.98 Å². The number of carbonyl (C=O) groups excluding carboxylic acids is 1. The Labute approximate surface area is 146 Å². The van der Waals surface area contributed by atoms with Crippen LogP contribution in [0.1, 0.15) is 26.5 Å². The van der Waals surface area contributed by atoms with Crippen molar-refractivity contribution >= 4 is 28.1 Å². The van der Waals surface area contributed by atoms with Crippen molar-refractivity contribution < 1.29 is 9.53 Å². The molecule has 0 atom stereocenters. The van der Waals surface area contributed by atoms with Gasteiger partial charge in [-0.15, -0.1) is 11.3 Å². The van der Waals surface area contributed by atoms with Crippen LogP contribution in [0.4, 0.5) is 10.8 Å². The van der Waals surface area contributed by atoms with Crippen LogP contribution in [-0.4, -0.2) is 37.2 Å². The summed E-state index contributed by atoms with van der Waals surface area (Å²) in [5, 5.41) is 6.79. The molecule has 2 rings (SSSR count). The van der Waals surface area contributed by atoms with Crippen molar-refractivity contribution in [1.29, 1.82) is 0 Å². The number of aromatic nitrogens is 1. The fourth-order valence-electron chi connectivity index (χ4n) is 2.21. The highest BCUT2D eigenvalue weighted by atomic mass is 32.1. The molecule has 7 heteroatoms. The number of aryl methyl sites for hydroxylation is 2. The second-order valence-corrected chi connectivity index (χ2v) is 6.62. The number of anilines is 2. The first kappa shape index (κ1) is 18.4. The molecule has 1 heterocycles. The monoisotopic (exact) mass is 348 g/mol. The summed E-state index contributed by atoms with van der Waals surface area (Å²) >= 11 is 1.48. The van der Waals surface area contributed by atoms with Gasteiger partial charge in [-0.1, -0.05) is 6.07 Å². The molecule has 6 nitrogen and oxygen atoms in total. The van der Waals surface area contributed by atoms with Crippen LogP contribution >= 0.6 is 11.3 Å². The Bertz CT molecular complexity index is 680. The summed E-state index contributed by atoms with van der Waals surface area (Å²) in [4.78, 5) is 18.0. The van der Waals surface area contributed by atoms with Crippen molar-refractivity contribution in [3.63, 3.8) is 0 Å². The number of hydrogen-bond donors (Lipinski definition) is 3. The zero-order valence-electron chi connectivity index (χ0n) is 14.3. The topological polar surface area (TPSA) is 89.3 Å². The number of amides is 1. The Balaban J connectivity index is 2.01. The average Bonchev–Trinajstić information content (AvgIpc) is 2.86. The van der Waals surface area contributed by atoms with Crippen molar-refractivity contribution in [3.8, 4) is 0 Å². The second kappa shape index (κ2) is 8.77. The van der Waals surface area contributed by atoms with Crippen molar-refractivity contribution in [2.24, 2.45) is 5.73 Å². The summed E-state index contributed by atoms with van der Waals surface area (Å²) in [6.45, 7) is 8.16.